The van der Waals surface area contributed by atoms with Gasteiger partial charge in [0.2, 0.25) is 5.95 Å². The van der Waals surface area contributed by atoms with E-state index in [0.29, 0.717) is 16.1 Å². The zero-order valence-corrected chi connectivity index (χ0v) is 12.7. The summed E-state index contributed by atoms with van der Waals surface area (Å²) in [7, 11) is 0. The second-order valence-corrected chi connectivity index (χ2v) is 6.02. The molecule has 0 unspecified atom stereocenters. The molecule has 1 aromatic heterocycles. The molecule has 0 radical (unpaired) electrons. The van der Waals surface area contributed by atoms with Crippen molar-refractivity contribution in [3.05, 3.63) is 40.6 Å². The third-order valence-electron chi connectivity index (χ3n) is 3.81. The molecule has 3 nitrogen and oxygen atoms in total. The lowest BCUT2D eigenvalue weighted by Crippen LogP contribution is -2.14. The molecule has 1 aromatic carbocycles. The Labute approximate surface area is 128 Å². The van der Waals surface area contributed by atoms with Gasteiger partial charge < -0.3 is 9.88 Å². The lowest BCUT2D eigenvalue weighted by molar-refractivity contribution is 0.356. The number of nitrogens with one attached hydrogen (secondary N) is 1. The van der Waals surface area contributed by atoms with E-state index >= 15 is 0 Å². The fraction of sp³-hybridized carbons (Fsp3) is 0.400. The molecule has 1 N–H and O–H groups in total. The molecule has 0 atom stereocenters. The number of hydrogen-bond acceptors (Lipinski definition) is 2. The van der Waals surface area contributed by atoms with Gasteiger partial charge >= 0.3 is 0 Å². The van der Waals surface area contributed by atoms with Gasteiger partial charge in [-0.2, -0.15) is 0 Å². The summed E-state index contributed by atoms with van der Waals surface area (Å²) in [5, 5.41) is 4.44. The van der Waals surface area contributed by atoms with Crippen molar-refractivity contribution in [2.45, 2.75) is 38.1 Å². The third kappa shape index (κ3) is 2.94. The highest BCUT2D eigenvalue weighted by Crippen LogP contribution is 2.32. The SMILES string of the molecule is Clc1ccc(Nc2nccn2C2CCCCC2)cc1Cl. The van der Waals surface area contributed by atoms with Gasteiger partial charge in [-0.25, -0.2) is 4.98 Å². The molecule has 0 bridgehead atoms. The normalized spacial score (nSPS) is 16.3. The highest BCUT2D eigenvalue weighted by molar-refractivity contribution is 6.42. The average molecular weight is 310 g/mol. The Morgan fingerprint density at radius 2 is 1.90 bits per heavy atom. The van der Waals surface area contributed by atoms with Crippen LogP contribution in [0.5, 0.6) is 0 Å². The maximum absolute atomic E-state index is 6.04. The molecule has 1 aliphatic carbocycles. The van der Waals surface area contributed by atoms with Crippen LogP contribution in [-0.2, 0) is 0 Å². The molecule has 1 heterocycles. The minimum absolute atomic E-state index is 0.549. The van der Waals surface area contributed by atoms with Gasteiger partial charge in [-0.15, -0.1) is 0 Å². The molecular weight excluding hydrogens is 293 g/mol. The van der Waals surface area contributed by atoms with Gasteiger partial charge in [0, 0.05) is 24.1 Å². The summed E-state index contributed by atoms with van der Waals surface area (Å²) < 4.78 is 2.24. The van der Waals surface area contributed by atoms with Crippen LogP contribution in [0.3, 0.4) is 0 Å². The van der Waals surface area contributed by atoms with Crippen molar-refractivity contribution in [1.29, 1.82) is 0 Å². The van der Waals surface area contributed by atoms with Crippen LogP contribution < -0.4 is 5.32 Å². The Morgan fingerprint density at radius 3 is 2.65 bits per heavy atom. The second kappa shape index (κ2) is 6.06. The molecule has 0 aliphatic heterocycles. The predicted octanol–water partition coefficient (Wildman–Crippen LogP) is 5.44. The van der Waals surface area contributed by atoms with Gasteiger partial charge in [0.25, 0.3) is 0 Å². The number of rotatable bonds is 3. The number of imidazole rings is 1. The van der Waals surface area contributed by atoms with E-state index in [2.05, 4.69) is 21.1 Å². The number of hydrogen-bond donors (Lipinski definition) is 1. The highest BCUT2D eigenvalue weighted by atomic mass is 35.5. The highest BCUT2D eigenvalue weighted by Gasteiger charge is 2.17. The molecule has 1 fully saturated rings. The van der Waals surface area contributed by atoms with Crippen LogP contribution in [0.25, 0.3) is 0 Å². The molecule has 1 saturated carbocycles. The number of nitrogens with zero attached hydrogens (tertiary/aromatic N) is 2. The largest absolute Gasteiger partial charge is 0.326 e. The molecule has 3 rings (SSSR count). The molecule has 0 spiro atoms. The van der Waals surface area contributed by atoms with Crippen LogP contribution >= 0.6 is 23.2 Å². The summed E-state index contributed by atoms with van der Waals surface area (Å²) in [5.74, 6) is 0.871. The van der Waals surface area contributed by atoms with Crippen LogP contribution in [0.15, 0.2) is 30.6 Å². The number of benzene rings is 1. The lowest BCUT2D eigenvalue weighted by Gasteiger charge is -2.24. The summed E-state index contributed by atoms with van der Waals surface area (Å²) >= 11 is 12.0. The molecule has 0 saturated heterocycles. The zero-order chi connectivity index (χ0) is 13.9. The predicted molar refractivity (Wildman–Crippen MR) is 84.1 cm³/mol. The van der Waals surface area contributed by atoms with Crippen LogP contribution in [0.2, 0.25) is 10.0 Å². The summed E-state index contributed by atoms with van der Waals surface area (Å²) in [6.07, 6.45) is 10.3. The first kappa shape index (κ1) is 13.8. The van der Waals surface area contributed by atoms with E-state index < -0.39 is 0 Å². The number of anilines is 2. The molecule has 1 aliphatic rings. The number of halogens is 2. The lowest BCUT2D eigenvalue weighted by atomic mass is 9.95. The van der Waals surface area contributed by atoms with E-state index in [1.165, 1.54) is 32.1 Å². The van der Waals surface area contributed by atoms with Crippen molar-refractivity contribution in [1.82, 2.24) is 9.55 Å². The minimum atomic E-state index is 0.549. The van der Waals surface area contributed by atoms with E-state index in [1.807, 2.05) is 18.3 Å². The van der Waals surface area contributed by atoms with Crippen molar-refractivity contribution >= 4 is 34.8 Å². The van der Waals surface area contributed by atoms with E-state index in [0.717, 1.165) is 11.6 Å². The van der Waals surface area contributed by atoms with E-state index in [1.54, 1.807) is 6.07 Å². The van der Waals surface area contributed by atoms with Gasteiger partial charge in [-0.05, 0) is 31.0 Å². The number of aromatic nitrogens is 2. The molecule has 106 valence electrons. The Morgan fingerprint density at radius 1 is 1.10 bits per heavy atom. The summed E-state index contributed by atoms with van der Waals surface area (Å²) in [6, 6.07) is 6.08. The van der Waals surface area contributed by atoms with Gasteiger partial charge in [0.05, 0.1) is 10.0 Å². The minimum Gasteiger partial charge on any atom is -0.326 e. The van der Waals surface area contributed by atoms with Gasteiger partial charge in [-0.1, -0.05) is 42.5 Å². The fourth-order valence-electron chi connectivity index (χ4n) is 2.77. The maximum atomic E-state index is 6.04. The van der Waals surface area contributed by atoms with Crippen molar-refractivity contribution in [2.75, 3.05) is 5.32 Å². The van der Waals surface area contributed by atoms with Crippen molar-refractivity contribution < 1.29 is 0 Å². The Hall–Kier alpha value is -1.19. The molecule has 0 amide bonds. The fourth-order valence-corrected chi connectivity index (χ4v) is 3.06. The smallest absolute Gasteiger partial charge is 0.207 e. The van der Waals surface area contributed by atoms with Crippen molar-refractivity contribution in [3.8, 4) is 0 Å². The third-order valence-corrected chi connectivity index (χ3v) is 4.55. The molecule has 2 aromatic rings. The van der Waals surface area contributed by atoms with Crippen LogP contribution in [0, 0.1) is 0 Å². The van der Waals surface area contributed by atoms with Crippen molar-refractivity contribution in [3.63, 3.8) is 0 Å². The first-order valence-electron chi connectivity index (χ1n) is 6.99. The van der Waals surface area contributed by atoms with E-state index in [9.17, 15) is 0 Å². The quantitative estimate of drug-likeness (QED) is 0.818. The second-order valence-electron chi connectivity index (χ2n) is 5.20. The van der Waals surface area contributed by atoms with Gasteiger partial charge in [0.1, 0.15) is 0 Å². The van der Waals surface area contributed by atoms with Crippen LogP contribution in [-0.4, -0.2) is 9.55 Å². The zero-order valence-electron chi connectivity index (χ0n) is 11.1. The first-order chi connectivity index (χ1) is 9.74. The average Bonchev–Trinajstić information content (AvgIpc) is 2.92. The Balaban J connectivity index is 1.80. The van der Waals surface area contributed by atoms with Gasteiger partial charge in [0.15, 0.2) is 0 Å². The van der Waals surface area contributed by atoms with E-state index in [4.69, 9.17) is 23.2 Å². The van der Waals surface area contributed by atoms with Gasteiger partial charge in [-0.3, -0.25) is 0 Å². The first-order valence-corrected chi connectivity index (χ1v) is 7.74. The maximum Gasteiger partial charge on any atom is 0.207 e. The monoisotopic (exact) mass is 309 g/mol. The van der Waals surface area contributed by atoms with Crippen molar-refractivity contribution in [2.24, 2.45) is 0 Å². The Kier molecular flexibility index (Phi) is 4.18. The molecule has 20 heavy (non-hydrogen) atoms. The molecule has 5 heteroatoms. The van der Waals surface area contributed by atoms with Crippen LogP contribution in [0.1, 0.15) is 38.1 Å². The van der Waals surface area contributed by atoms with Crippen LogP contribution in [0.4, 0.5) is 11.6 Å². The standard InChI is InChI=1S/C15H17Cl2N3/c16-13-7-6-11(10-14(13)17)19-15-18-8-9-20(15)12-4-2-1-3-5-12/h6-10,12H,1-5H2,(H,18,19). The van der Waals surface area contributed by atoms with E-state index in [-0.39, 0.29) is 0 Å². The summed E-state index contributed by atoms with van der Waals surface area (Å²) in [5.41, 5.74) is 0.905. The summed E-state index contributed by atoms with van der Waals surface area (Å²) in [6.45, 7) is 0. The topological polar surface area (TPSA) is 29.9 Å². The molecular formula is C15H17Cl2N3. The summed E-state index contributed by atoms with van der Waals surface area (Å²) in [4.78, 5) is 4.41. The Bertz CT molecular complexity index is 589.